The highest BCUT2D eigenvalue weighted by molar-refractivity contribution is 5.96. The lowest BCUT2D eigenvalue weighted by Crippen LogP contribution is -2.52. The van der Waals surface area contributed by atoms with Gasteiger partial charge in [0.05, 0.1) is 17.8 Å². The average Bonchev–Trinajstić information content (AvgIpc) is 2.54. The Hall–Kier alpha value is -2.52. The van der Waals surface area contributed by atoms with E-state index in [1.165, 1.54) is 12.3 Å². The van der Waals surface area contributed by atoms with Gasteiger partial charge in [-0.1, -0.05) is 0 Å². The molecule has 9 heteroatoms. The molecule has 1 fully saturated rings. The average molecular weight is 267 g/mol. The number of primary amides is 1. The zero-order valence-corrected chi connectivity index (χ0v) is 9.65. The van der Waals surface area contributed by atoms with Crippen LogP contribution in [0.5, 0.6) is 0 Å². The minimum absolute atomic E-state index is 0.142. The van der Waals surface area contributed by atoms with Crippen LogP contribution in [0.1, 0.15) is 18.0 Å². The first-order valence-corrected chi connectivity index (χ1v) is 5.25. The van der Waals surface area contributed by atoms with Crippen LogP contribution in [0.3, 0.4) is 0 Å². The Bertz CT molecular complexity index is 575. The molecule has 0 spiro atoms. The minimum atomic E-state index is -2.12. The highest BCUT2D eigenvalue weighted by atomic mass is 17.0. The third-order valence-corrected chi connectivity index (χ3v) is 2.74. The number of nitrogens with two attached hydrogens (primary N) is 2. The summed E-state index contributed by atoms with van der Waals surface area (Å²) in [6.07, 6.45) is -0.439. The molecule has 1 aromatic heterocycles. The Morgan fingerprint density at radius 1 is 1.53 bits per heavy atom. The Kier molecular flexibility index (Phi) is 2.92. The fraction of sp³-hybridized carbons (Fsp3) is 0.200. The summed E-state index contributed by atoms with van der Waals surface area (Å²) in [6, 6.07) is 3.06. The predicted molar refractivity (Wildman–Crippen MR) is 58.7 cm³/mol. The lowest BCUT2D eigenvalue weighted by molar-refractivity contribution is -1.12. The molecule has 0 bridgehead atoms. The van der Waals surface area contributed by atoms with Gasteiger partial charge in [-0.15, -0.1) is 0 Å². The Balaban J connectivity index is 2.38. The number of nitrogen functional groups attached to an aromatic ring is 1. The maximum absolute atomic E-state index is 12.0. The second-order valence-corrected chi connectivity index (χ2v) is 3.95. The van der Waals surface area contributed by atoms with Gasteiger partial charge in [-0.2, -0.15) is 5.21 Å². The van der Waals surface area contributed by atoms with Gasteiger partial charge >= 0.3 is 17.9 Å². The molecule has 1 aliphatic heterocycles. The molecule has 1 aliphatic rings. The van der Waals surface area contributed by atoms with E-state index in [-0.39, 0.29) is 17.8 Å². The molecule has 1 aromatic rings. The van der Waals surface area contributed by atoms with Crippen LogP contribution >= 0.6 is 0 Å². The molecule has 0 aliphatic carbocycles. The fourth-order valence-corrected chi connectivity index (χ4v) is 1.88. The van der Waals surface area contributed by atoms with Crippen LogP contribution in [0.4, 0.5) is 10.5 Å². The van der Waals surface area contributed by atoms with Crippen LogP contribution < -0.4 is 11.5 Å². The molecule has 1 saturated heterocycles. The maximum Gasteiger partial charge on any atom is 0.465 e. The van der Waals surface area contributed by atoms with E-state index in [1.807, 2.05) is 0 Å². The summed E-state index contributed by atoms with van der Waals surface area (Å²) in [4.78, 5) is 40.2. The van der Waals surface area contributed by atoms with Gasteiger partial charge in [-0.05, 0) is 12.1 Å². The quantitative estimate of drug-likeness (QED) is 0.369. The maximum atomic E-state index is 12.0. The van der Waals surface area contributed by atoms with Crippen molar-refractivity contribution in [3.8, 4) is 0 Å². The van der Waals surface area contributed by atoms with Crippen molar-refractivity contribution in [1.29, 1.82) is 0 Å². The molecule has 0 saturated carbocycles. The zero-order valence-electron chi connectivity index (χ0n) is 9.65. The van der Waals surface area contributed by atoms with Crippen molar-refractivity contribution in [1.82, 2.24) is 4.98 Å². The van der Waals surface area contributed by atoms with Crippen molar-refractivity contribution in [2.45, 2.75) is 12.3 Å². The van der Waals surface area contributed by atoms with E-state index >= 15 is 0 Å². The van der Waals surface area contributed by atoms with Crippen LogP contribution in [0.2, 0.25) is 0 Å². The highest BCUT2D eigenvalue weighted by Crippen LogP contribution is 2.35. The van der Waals surface area contributed by atoms with Gasteiger partial charge < -0.3 is 11.5 Å². The molecule has 2 rings (SSSR count). The summed E-state index contributed by atoms with van der Waals surface area (Å²) < 4.78 is 0. The van der Waals surface area contributed by atoms with E-state index in [9.17, 15) is 19.6 Å². The van der Waals surface area contributed by atoms with E-state index in [0.29, 0.717) is 0 Å². The van der Waals surface area contributed by atoms with Crippen molar-refractivity contribution in [2.75, 3.05) is 5.73 Å². The topological polar surface area (TPSA) is 146 Å². The SMILES string of the molecule is NC(=O)O[N+]1(O)C(=O)CC(c2ncccc2N)C1=O. The smallest absolute Gasteiger partial charge is 0.397 e. The second-order valence-electron chi connectivity index (χ2n) is 3.95. The Labute approximate surface area is 106 Å². The number of hydrogen-bond acceptors (Lipinski definition) is 7. The van der Waals surface area contributed by atoms with Crippen LogP contribution in [-0.2, 0) is 14.4 Å². The predicted octanol–water partition coefficient (Wildman–Crippen LogP) is -0.579. The molecule has 0 aromatic carbocycles. The lowest BCUT2D eigenvalue weighted by atomic mass is 10.0. The normalized spacial score (nSPS) is 26.5. The molecule has 9 nitrogen and oxygen atoms in total. The summed E-state index contributed by atoms with van der Waals surface area (Å²) in [6.45, 7) is 0. The monoisotopic (exact) mass is 267 g/mol. The van der Waals surface area contributed by atoms with E-state index in [0.717, 1.165) is 0 Å². The van der Waals surface area contributed by atoms with Gasteiger partial charge in [0.25, 0.3) is 0 Å². The van der Waals surface area contributed by atoms with Gasteiger partial charge in [-0.25, -0.2) is 19.2 Å². The summed E-state index contributed by atoms with van der Waals surface area (Å²) in [7, 11) is 0. The standard InChI is InChI=1S/C10H10N4O5/c11-6-2-1-3-13-8(6)5-4-7(15)14(18,9(5)16)19-10(12)17/h1-3,5,18H,4,11H2,(H-,12,17)/p+1. The Morgan fingerprint density at radius 2 is 2.21 bits per heavy atom. The van der Waals surface area contributed by atoms with Crippen molar-refractivity contribution in [2.24, 2.45) is 5.73 Å². The molecular weight excluding hydrogens is 256 g/mol. The number of hydrogen-bond donors (Lipinski definition) is 3. The van der Waals surface area contributed by atoms with Gasteiger partial charge in [0.2, 0.25) is 0 Å². The number of hydroxylamine groups is 4. The van der Waals surface area contributed by atoms with E-state index < -0.39 is 28.6 Å². The third-order valence-electron chi connectivity index (χ3n) is 2.74. The van der Waals surface area contributed by atoms with Crippen LogP contribution in [0.25, 0.3) is 0 Å². The van der Waals surface area contributed by atoms with Crippen molar-refractivity contribution in [3.05, 3.63) is 24.0 Å². The first-order valence-electron chi connectivity index (χ1n) is 5.25. The van der Waals surface area contributed by atoms with E-state index in [1.54, 1.807) is 6.07 Å². The van der Waals surface area contributed by atoms with Gasteiger partial charge in [0.15, 0.2) is 0 Å². The van der Waals surface area contributed by atoms with Crippen molar-refractivity contribution in [3.63, 3.8) is 0 Å². The number of imide groups is 1. The number of amides is 3. The highest BCUT2D eigenvalue weighted by Gasteiger charge is 2.62. The van der Waals surface area contributed by atoms with Crippen LogP contribution in [-0.4, -0.2) is 32.9 Å². The molecule has 2 heterocycles. The molecule has 19 heavy (non-hydrogen) atoms. The lowest BCUT2D eigenvalue weighted by Gasteiger charge is -2.15. The Morgan fingerprint density at radius 3 is 2.79 bits per heavy atom. The van der Waals surface area contributed by atoms with Crippen LogP contribution in [0.15, 0.2) is 18.3 Å². The first kappa shape index (κ1) is 12.9. The second kappa shape index (κ2) is 4.30. The number of aromatic nitrogens is 1. The van der Waals surface area contributed by atoms with Crippen molar-refractivity contribution >= 4 is 23.6 Å². The number of carbonyl (C=O) groups excluding carboxylic acids is 3. The minimum Gasteiger partial charge on any atom is -0.397 e. The van der Waals surface area contributed by atoms with Gasteiger partial charge in [-0.3, -0.25) is 4.98 Å². The largest absolute Gasteiger partial charge is 0.465 e. The molecule has 5 N–H and O–H groups in total. The van der Waals surface area contributed by atoms with E-state index in [2.05, 4.69) is 9.82 Å². The molecule has 0 radical (unpaired) electrons. The molecular formula is C10H11N4O5+. The number of pyridine rings is 1. The molecule has 100 valence electrons. The zero-order chi connectivity index (χ0) is 14.2. The molecule has 2 atom stereocenters. The molecule has 2 unspecified atom stereocenters. The van der Waals surface area contributed by atoms with Crippen LogP contribution in [0, 0.1) is 0 Å². The van der Waals surface area contributed by atoms with Gasteiger partial charge in [0.1, 0.15) is 10.7 Å². The van der Waals surface area contributed by atoms with Gasteiger partial charge in [0, 0.05) is 6.20 Å². The number of quaternary nitrogens is 1. The number of carbonyl (C=O) groups is 3. The number of rotatable bonds is 2. The summed E-state index contributed by atoms with van der Waals surface area (Å²) in [5.41, 5.74) is 10.7. The summed E-state index contributed by atoms with van der Waals surface area (Å²) in [5.74, 6) is -3.16. The number of nitrogens with zero attached hydrogens (tertiary/aromatic N) is 2. The third kappa shape index (κ3) is 2.00. The molecule has 3 amide bonds. The fourth-order valence-electron chi connectivity index (χ4n) is 1.88. The van der Waals surface area contributed by atoms with Crippen molar-refractivity contribution < 1.29 is 29.2 Å². The van der Waals surface area contributed by atoms with E-state index in [4.69, 9.17) is 11.5 Å². The summed E-state index contributed by atoms with van der Waals surface area (Å²) >= 11 is 0. The first-order chi connectivity index (χ1) is 8.86. The number of anilines is 1. The summed E-state index contributed by atoms with van der Waals surface area (Å²) in [5, 5.41) is 9.77.